The van der Waals surface area contributed by atoms with Crippen LogP contribution < -0.4 is 10.5 Å². The first-order valence-corrected chi connectivity index (χ1v) is 7.93. The second kappa shape index (κ2) is 8.15. The Morgan fingerprint density at radius 3 is 2.73 bits per heavy atom. The number of hydrogen-bond acceptors (Lipinski definition) is 4. The van der Waals surface area contributed by atoms with Crippen molar-refractivity contribution >= 4 is 5.91 Å². The van der Waals surface area contributed by atoms with E-state index in [1.54, 1.807) is 7.11 Å². The predicted octanol–water partition coefficient (Wildman–Crippen LogP) is 1.19. The van der Waals surface area contributed by atoms with Crippen LogP contribution in [-0.4, -0.2) is 48.8 Å². The molecule has 1 atom stereocenters. The van der Waals surface area contributed by atoms with E-state index >= 15 is 0 Å². The number of carbonyl (C=O) groups excluding carboxylic acids is 1. The first kappa shape index (κ1) is 16.8. The number of aliphatic hydroxyl groups is 1. The van der Waals surface area contributed by atoms with Gasteiger partial charge in [-0.25, -0.2) is 0 Å². The van der Waals surface area contributed by atoms with Gasteiger partial charge in [-0.05, 0) is 62.9 Å². The van der Waals surface area contributed by atoms with Crippen molar-refractivity contribution in [1.29, 1.82) is 0 Å². The van der Waals surface area contributed by atoms with Gasteiger partial charge in [-0.1, -0.05) is 18.2 Å². The van der Waals surface area contributed by atoms with E-state index in [4.69, 9.17) is 10.5 Å². The molecule has 1 amide bonds. The first-order valence-electron chi connectivity index (χ1n) is 7.93. The molecule has 1 aliphatic heterocycles. The molecule has 0 spiro atoms. The van der Waals surface area contributed by atoms with Crippen LogP contribution in [-0.2, 0) is 11.2 Å². The van der Waals surface area contributed by atoms with Gasteiger partial charge in [0.2, 0.25) is 5.91 Å². The highest BCUT2D eigenvalue weighted by Crippen LogP contribution is 2.22. The summed E-state index contributed by atoms with van der Waals surface area (Å²) in [6.45, 7) is 2.86. The van der Waals surface area contributed by atoms with E-state index in [-0.39, 0.29) is 5.92 Å². The average Bonchev–Trinajstić information content (AvgIpc) is 2.55. The van der Waals surface area contributed by atoms with Crippen LogP contribution in [0.3, 0.4) is 0 Å². The molecule has 1 aromatic carbocycles. The Labute approximate surface area is 132 Å². The van der Waals surface area contributed by atoms with Crippen LogP contribution in [0.25, 0.3) is 0 Å². The number of ether oxygens (including phenoxy) is 1. The van der Waals surface area contributed by atoms with Crippen LogP contribution in [0.2, 0.25) is 0 Å². The molecule has 1 aromatic rings. The number of amides is 1. The molecule has 5 nitrogen and oxygen atoms in total. The number of nitrogens with two attached hydrogens (primary N) is 1. The summed E-state index contributed by atoms with van der Waals surface area (Å²) in [4.78, 5) is 13.4. The van der Waals surface area contributed by atoms with E-state index in [9.17, 15) is 9.90 Å². The molecule has 22 heavy (non-hydrogen) atoms. The third kappa shape index (κ3) is 4.45. The predicted molar refractivity (Wildman–Crippen MR) is 85.7 cm³/mol. The van der Waals surface area contributed by atoms with Gasteiger partial charge in [0.05, 0.1) is 7.11 Å². The Bertz CT molecular complexity index is 485. The van der Waals surface area contributed by atoms with Gasteiger partial charge in [0, 0.05) is 0 Å². The van der Waals surface area contributed by atoms with Gasteiger partial charge in [0.15, 0.2) is 0 Å². The van der Waals surface area contributed by atoms with Gasteiger partial charge < -0.3 is 20.5 Å². The molecule has 5 heteroatoms. The summed E-state index contributed by atoms with van der Waals surface area (Å²) in [6, 6.07) is 8.12. The average molecular weight is 306 g/mol. The number of piperidine rings is 1. The zero-order valence-corrected chi connectivity index (χ0v) is 13.2. The third-order valence-corrected chi connectivity index (χ3v) is 4.48. The van der Waals surface area contributed by atoms with E-state index in [1.807, 2.05) is 18.2 Å². The lowest BCUT2D eigenvalue weighted by Crippen LogP contribution is -2.43. The van der Waals surface area contributed by atoms with Crippen molar-refractivity contribution < 1.29 is 14.6 Å². The minimum absolute atomic E-state index is 0.0166. The Morgan fingerprint density at radius 2 is 2.09 bits per heavy atom. The highest BCUT2D eigenvalue weighted by molar-refractivity contribution is 5.78. The molecule has 1 fully saturated rings. The minimum Gasteiger partial charge on any atom is -0.496 e. The van der Waals surface area contributed by atoms with E-state index in [2.05, 4.69) is 11.0 Å². The van der Waals surface area contributed by atoms with Crippen molar-refractivity contribution in [3.63, 3.8) is 0 Å². The van der Waals surface area contributed by atoms with Crippen LogP contribution in [0, 0.1) is 5.92 Å². The van der Waals surface area contributed by atoms with Crippen molar-refractivity contribution in [2.24, 2.45) is 11.7 Å². The van der Waals surface area contributed by atoms with E-state index in [0.717, 1.165) is 51.1 Å². The third-order valence-electron chi connectivity index (χ3n) is 4.48. The summed E-state index contributed by atoms with van der Waals surface area (Å²) in [5, 5.41) is 9.71. The highest BCUT2D eigenvalue weighted by atomic mass is 16.5. The number of aliphatic hydroxyl groups excluding tert-OH is 1. The maximum Gasteiger partial charge on any atom is 0.246 e. The Hall–Kier alpha value is -1.59. The fourth-order valence-corrected chi connectivity index (χ4v) is 3.13. The molecule has 0 saturated carbocycles. The summed E-state index contributed by atoms with van der Waals surface area (Å²) in [5.41, 5.74) is 6.40. The number of methoxy groups -OCH3 is 1. The van der Waals surface area contributed by atoms with Gasteiger partial charge in [-0.3, -0.25) is 4.79 Å². The maximum atomic E-state index is 11.0. The van der Waals surface area contributed by atoms with Crippen molar-refractivity contribution in [3.05, 3.63) is 29.8 Å². The molecular weight excluding hydrogens is 280 g/mol. The van der Waals surface area contributed by atoms with Crippen molar-refractivity contribution in [2.45, 2.75) is 31.8 Å². The van der Waals surface area contributed by atoms with Crippen molar-refractivity contribution in [1.82, 2.24) is 4.90 Å². The second-order valence-electron chi connectivity index (χ2n) is 5.94. The Morgan fingerprint density at radius 1 is 1.41 bits per heavy atom. The zero-order chi connectivity index (χ0) is 15.9. The van der Waals surface area contributed by atoms with Crippen molar-refractivity contribution in [3.8, 4) is 5.75 Å². The molecule has 0 bridgehead atoms. The van der Waals surface area contributed by atoms with Gasteiger partial charge in [-0.15, -0.1) is 0 Å². The van der Waals surface area contributed by atoms with E-state index in [1.165, 1.54) is 5.56 Å². The van der Waals surface area contributed by atoms with Gasteiger partial charge in [-0.2, -0.15) is 0 Å². The van der Waals surface area contributed by atoms with E-state index in [0.29, 0.717) is 0 Å². The van der Waals surface area contributed by atoms with Crippen LogP contribution in [0.5, 0.6) is 5.75 Å². The number of para-hydroxylation sites is 1. The first-order chi connectivity index (χ1) is 10.6. The maximum absolute atomic E-state index is 11.0. The molecule has 0 unspecified atom stereocenters. The normalized spacial score (nSPS) is 18.1. The number of likely N-dealkylation sites (tertiary alicyclic amines) is 1. The summed E-state index contributed by atoms with van der Waals surface area (Å²) < 4.78 is 5.37. The molecule has 2 rings (SSSR count). The van der Waals surface area contributed by atoms with E-state index < -0.39 is 12.0 Å². The van der Waals surface area contributed by atoms with Crippen LogP contribution in [0.15, 0.2) is 24.3 Å². The number of aryl methyl sites for hydroxylation is 1. The summed E-state index contributed by atoms with van der Waals surface area (Å²) in [6.07, 6.45) is 2.74. The molecule has 1 saturated heterocycles. The number of rotatable bonds is 7. The van der Waals surface area contributed by atoms with Crippen LogP contribution >= 0.6 is 0 Å². The standard InChI is InChI=1S/C17H26N2O3/c1-22-15-7-3-2-5-13(15)6-4-10-19-11-8-14(9-12-19)16(20)17(18)21/h2-3,5,7,14,16,20H,4,6,8-12H2,1H3,(H2,18,21)/t16-/m1/s1. The monoisotopic (exact) mass is 306 g/mol. The Balaban J connectivity index is 1.72. The van der Waals surface area contributed by atoms with Crippen LogP contribution in [0.4, 0.5) is 0 Å². The summed E-state index contributed by atoms with van der Waals surface area (Å²) in [5.74, 6) is 0.364. The number of nitrogens with zero attached hydrogens (tertiary/aromatic N) is 1. The molecule has 0 aliphatic carbocycles. The Kier molecular flexibility index (Phi) is 6.21. The lowest BCUT2D eigenvalue weighted by molar-refractivity contribution is -0.129. The van der Waals surface area contributed by atoms with Gasteiger partial charge in [0.25, 0.3) is 0 Å². The molecule has 1 heterocycles. The molecule has 0 radical (unpaired) electrons. The number of hydrogen-bond donors (Lipinski definition) is 2. The molecule has 0 aromatic heterocycles. The summed E-state index contributed by atoms with van der Waals surface area (Å²) in [7, 11) is 1.70. The zero-order valence-electron chi connectivity index (χ0n) is 13.2. The number of carbonyl (C=O) groups is 1. The quantitative estimate of drug-likeness (QED) is 0.793. The molecule has 1 aliphatic rings. The van der Waals surface area contributed by atoms with Crippen molar-refractivity contribution in [2.75, 3.05) is 26.7 Å². The smallest absolute Gasteiger partial charge is 0.246 e. The second-order valence-corrected chi connectivity index (χ2v) is 5.94. The molecule has 122 valence electrons. The van der Waals surface area contributed by atoms with Gasteiger partial charge in [0.1, 0.15) is 11.9 Å². The number of primary amides is 1. The molecule has 3 N–H and O–H groups in total. The lowest BCUT2D eigenvalue weighted by Gasteiger charge is -2.33. The topological polar surface area (TPSA) is 75.8 Å². The molecular formula is C17H26N2O3. The fraction of sp³-hybridized carbons (Fsp3) is 0.588. The minimum atomic E-state index is -0.990. The van der Waals surface area contributed by atoms with Gasteiger partial charge >= 0.3 is 0 Å². The largest absolute Gasteiger partial charge is 0.496 e. The lowest BCUT2D eigenvalue weighted by atomic mass is 9.91. The van der Waals surface area contributed by atoms with Crippen LogP contribution in [0.1, 0.15) is 24.8 Å². The number of benzene rings is 1. The SMILES string of the molecule is COc1ccccc1CCCN1CCC([C@@H](O)C(N)=O)CC1. The summed E-state index contributed by atoms with van der Waals surface area (Å²) >= 11 is 0. The fourth-order valence-electron chi connectivity index (χ4n) is 3.13. The highest BCUT2D eigenvalue weighted by Gasteiger charge is 2.28.